The van der Waals surface area contributed by atoms with E-state index in [0.717, 1.165) is 16.3 Å². The number of amides is 1. The van der Waals surface area contributed by atoms with Crippen molar-refractivity contribution in [1.82, 2.24) is 15.1 Å². The van der Waals surface area contributed by atoms with Crippen LogP contribution in [0, 0.1) is 0 Å². The fourth-order valence-electron chi connectivity index (χ4n) is 2.60. The Hall–Kier alpha value is -2.64. The Kier molecular flexibility index (Phi) is 5.62. The van der Waals surface area contributed by atoms with Crippen LogP contribution in [0.25, 0.3) is 16.3 Å². The number of nitrogens with one attached hydrogen (secondary N) is 1. The van der Waals surface area contributed by atoms with Gasteiger partial charge in [-0.1, -0.05) is 24.3 Å². The van der Waals surface area contributed by atoms with Crippen molar-refractivity contribution in [2.45, 2.75) is 32.4 Å². The highest BCUT2D eigenvalue weighted by molar-refractivity contribution is 7.13. The third-order valence-electron chi connectivity index (χ3n) is 3.73. The molecule has 0 radical (unpaired) electrons. The number of carbonyl (C=O) groups excluding carboxylic acids is 1. The maximum atomic E-state index is 12.1. The van der Waals surface area contributed by atoms with Gasteiger partial charge in [0.1, 0.15) is 5.60 Å². The van der Waals surface area contributed by atoms with Crippen LogP contribution in [0.15, 0.2) is 53.9 Å². The molecule has 6 nitrogen and oxygen atoms in total. The van der Waals surface area contributed by atoms with Gasteiger partial charge in [0.15, 0.2) is 0 Å². The number of rotatable bonds is 5. The molecule has 2 heterocycles. The van der Waals surface area contributed by atoms with Crippen molar-refractivity contribution < 1.29 is 14.6 Å². The van der Waals surface area contributed by atoms with Gasteiger partial charge in [0.05, 0.1) is 34.6 Å². The van der Waals surface area contributed by atoms with Gasteiger partial charge in [-0.3, -0.25) is 0 Å². The molecule has 2 N–H and O–H groups in total. The average molecular weight is 385 g/mol. The molecule has 27 heavy (non-hydrogen) atoms. The second-order valence-corrected chi connectivity index (χ2v) is 8.01. The summed E-state index contributed by atoms with van der Waals surface area (Å²) in [5.74, 6) is 0. The lowest BCUT2D eigenvalue weighted by molar-refractivity contribution is 0.0480. The van der Waals surface area contributed by atoms with Crippen molar-refractivity contribution in [1.29, 1.82) is 0 Å². The molecule has 0 aliphatic carbocycles. The number of aliphatic hydroxyl groups excluding tert-OH is 1. The third kappa shape index (κ3) is 4.75. The van der Waals surface area contributed by atoms with E-state index in [0.29, 0.717) is 5.69 Å². The predicted molar refractivity (Wildman–Crippen MR) is 106 cm³/mol. The Morgan fingerprint density at radius 2 is 2.00 bits per heavy atom. The normalized spacial score (nSPS) is 12.6. The Bertz CT molecular complexity index is 883. The zero-order valence-corrected chi connectivity index (χ0v) is 16.4. The molecule has 0 saturated carbocycles. The summed E-state index contributed by atoms with van der Waals surface area (Å²) in [4.78, 5) is 13.2. The maximum Gasteiger partial charge on any atom is 0.408 e. The highest BCUT2D eigenvalue weighted by Gasteiger charge is 2.23. The highest BCUT2D eigenvalue weighted by atomic mass is 32.1. The Morgan fingerprint density at radius 3 is 2.59 bits per heavy atom. The molecule has 142 valence electrons. The number of ether oxygens (including phenoxy) is 1. The van der Waals surface area contributed by atoms with Crippen LogP contribution in [-0.2, 0) is 4.74 Å². The van der Waals surface area contributed by atoms with Gasteiger partial charge in [0.2, 0.25) is 0 Å². The summed E-state index contributed by atoms with van der Waals surface area (Å²) < 4.78 is 7.11. The van der Waals surface area contributed by atoms with Gasteiger partial charge in [-0.2, -0.15) is 5.10 Å². The first-order valence-electron chi connectivity index (χ1n) is 8.67. The molecule has 2 aromatic heterocycles. The van der Waals surface area contributed by atoms with Crippen molar-refractivity contribution in [2.24, 2.45) is 0 Å². The zero-order valence-electron chi connectivity index (χ0n) is 15.5. The number of thiophene rings is 1. The lowest BCUT2D eigenvalue weighted by Gasteiger charge is -2.22. The van der Waals surface area contributed by atoms with E-state index < -0.39 is 17.7 Å². The number of hydrogen-bond acceptors (Lipinski definition) is 5. The number of alkyl carbamates (subject to hydrolysis) is 1. The van der Waals surface area contributed by atoms with Gasteiger partial charge in [-0.15, -0.1) is 11.3 Å². The molecule has 0 bridgehead atoms. The smallest absolute Gasteiger partial charge is 0.408 e. The predicted octanol–water partition coefficient (Wildman–Crippen LogP) is 4.16. The van der Waals surface area contributed by atoms with Crippen LogP contribution >= 0.6 is 11.3 Å². The number of nitrogens with zero attached hydrogens (tertiary/aromatic N) is 2. The van der Waals surface area contributed by atoms with Crippen molar-refractivity contribution in [3.63, 3.8) is 0 Å². The minimum Gasteiger partial charge on any atom is -0.444 e. The first-order chi connectivity index (χ1) is 12.9. The molecular weight excluding hydrogens is 362 g/mol. The topological polar surface area (TPSA) is 76.4 Å². The van der Waals surface area contributed by atoms with Crippen LogP contribution in [0.1, 0.15) is 32.5 Å². The fraction of sp³-hybridized carbons (Fsp3) is 0.300. The van der Waals surface area contributed by atoms with E-state index in [-0.39, 0.29) is 6.61 Å². The van der Waals surface area contributed by atoms with Crippen LogP contribution in [0.2, 0.25) is 0 Å². The molecule has 7 heteroatoms. The van der Waals surface area contributed by atoms with Gasteiger partial charge in [0.25, 0.3) is 0 Å². The Balaban J connectivity index is 1.94. The standard InChI is InChI=1S/C20H23N3O3S/c1-20(2,3)26-19(25)21-16(13-24)15-12-17(18-10-7-11-27-18)23(22-15)14-8-5-4-6-9-14/h4-12,16,24H,13H2,1-3H3,(H,21,25). The molecule has 0 aliphatic heterocycles. The van der Waals surface area contributed by atoms with E-state index >= 15 is 0 Å². The summed E-state index contributed by atoms with van der Waals surface area (Å²) >= 11 is 1.60. The van der Waals surface area contributed by atoms with Crippen LogP contribution in [0.4, 0.5) is 4.79 Å². The second-order valence-electron chi connectivity index (χ2n) is 7.06. The van der Waals surface area contributed by atoms with E-state index in [1.165, 1.54) is 0 Å². The van der Waals surface area contributed by atoms with Crippen molar-refractivity contribution in [3.05, 3.63) is 59.6 Å². The summed E-state index contributed by atoms with van der Waals surface area (Å²) in [5, 5.41) is 19.2. The number of hydrogen-bond donors (Lipinski definition) is 2. The van der Waals surface area contributed by atoms with Crippen LogP contribution in [-0.4, -0.2) is 33.2 Å². The molecular formula is C20H23N3O3S. The van der Waals surface area contributed by atoms with Gasteiger partial charge in [-0.25, -0.2) is 9.48 Å². The van der Waals surface area contributed by atoms with Gasteiger partial charge >= 0.3 is 6.09 Å². The quantitative estimate of drug-likeness (QED) is 0.691. The molecule has 3 rings (SSSR count). The molecule has 1 aromatic carbocycles. The van der Waals surface area contributed by atoms with Crippen molar-refractivity contribution in [3.8, 4) is 16.3 Å². The van der Waals surface area contributed by atoms with E-state index in [1.54, 1.807) is 32.1 Å². The molecule has 0 aliphatic rings. The summed E-state index contributed by atoms with van der Waals surface area (Å²) in [6.45, 7) is 5.09. The molecule has 0 saturated heterocycles. The fourth-order valence-corrected chi connectivity index (χ4v) is 3.33. The van der Waals surface area contributed by atoms with E-state index in [2.05, 4.69) is 10.4 Å². The zero-order chi connectivity index (χ0) is 19.4. The van der Waals surface area contributed by atoms with E-state index in [4.69, 9.17) is 4.74 Å². The van der Waals surface area contributed by atoms with Crippen molar-refractivity contribution >= 4 is 17.4 Å². The van der Waals surface area contributed by atoms with Crippen molar-refractivity contribution in [2.75, 3.05) is 6.61 Å². The average Bonchev–Trinajstić information content (AvgIpc) is 3.28. The third-order valence-corrected chi connectivity index (χ3v) is 4.63. The first kappa shape index (κ1) is 19.1. The summed E-state index contributed by atoms with van der Waals surface area (Å²) in [6, 6.07) is 15.0. The molecule has 1 atom stereocenters. The Morgan fingerprint density at radius 1 is 1.26 bits per heavy atom. The van der Waals surface area contributed by atoms with E-state index in [9.17, 15) is 9.90 Å². The first-order valence-corrected chi connectivity index (χ1v) is 9.55. The summed E-state index contributed by atoms with van der Waals surface area (Å²) in [5.41, 5.74) is 1.75. The van der Waals surface area contributed by atoms with Gasteiger partial charge in [-0.05, 0) is 50.4 Å². The number of carbonyl (C=O) groups is 1. The minimum atomic E-state index is -0.663. The molecule has 0 fully saturated rings. The van der Waals surface area contributed by atoms with E-state index in [1.807, 2.05) is 58.6 Å². The largest absolute Gasteiger partial charge is 0.444 e. The molecule has 1 amide bonds. The second kappa shape index (κ2) is 7.94. The molecule has 3 aromatic rings. The Labute approximate surface area is 162 Å². The SMILES string of the molecule is CC(C)(C)OC(=O)NC(CO)c1cc(-c2cccs2)n(-c2ccccc2)n1. The highest BCUT2D eigenvalue weighted by Crippen LogP contribution is 2.29. The minimum absolute atomic E-state index is 0.283. The summed E-state index contributed by atoms with van der Waals surface area (Å²) in [6.07, 6.45) is -0.589. The number of aromatic nitrogens is 2. The van der Waals surface area contributed by atoms with Crippen LogP contribution in [0.3, 0.4) is 0 Å². The molecule has 1 unspecified atom stereocenters. The monoisotopic (exact) mass is 385 g/mol. The van der Waals surface area contributed by atoms with Crippen LogP contribution in [0.5, 0.6) is 0 Å². The summed E-state index contributed by atoms with van der Waals surface area (Å²) in [7, 11) is 0. The lowest BCUT2D eigenvalue weighted by atomic mass is 10.2. The molecule has 0 spiro atoms. The number of benzene rings is 1. The van der Waals surface area contributed by atoms with Gasteiger partial charge in [0, 0.05) is 0 Å². The number of para-hydroxylation sites is 1. The lowest BCUT2D eigenvalue weighted by Crippen LogP contribution is -2.36. The van der Waals surface area contributed by atoms with Crippen LogP contribution < -0.4 is 5.32 Å². The number of aliphatic hydroxyl groups is 1. The maximum absolute atomic E-state index is 12.1. The van der Waals surface area contributed by atoms with Gasteiger partial charge < -0.3 is 15.2 Å².